The Labute approximate surface area is 161 Å². The van der Waals surface area contributed by atoms with Crippen molar-refractivity contribution in [1.29, 1.82) is 0 Å². The molecule has 4 rings (SSSR count). The van der Waals surface area contributed by atoms with Gasteiger partial charge in [0.15, 0.2) is 10.9 Å². The summed E-state index contributed by atoms with van der Waals surface area (Å²) in [5.41, 5.74) is 2.55. The van der Waals surface area contributed by atoms with Crippen molar-refractivity contribution in [3.63, 3.8) is 0 Å². The summed E-state index contributed by atoms with van der Waals surface area (Å²) < 4.78 is 7.21. The summed E-state index contributed by atoms with van der Waals surface area (Å²) in [6, 6.07) is 19.3. The molecule has 0 bridgehead atoms. The summed E-state index contributed by atoms with van der Waals surface area (Å²) in [6.45, 7) is 2.70. The first-order valence-corrected chi connectivity index (χ1v) is 9.88. The fraction of sp³-hybridized carbons (Fsp3) is 0.190. The van der Waals surface area contributed by atoms with Gasteiger partial charge in [0.25, 0.3) is 5.56 Å². The van der Waals surface area contributed by atoms with Crippen LogP contribution in [0.5, 0.6) is 0 Å². The molecule has 0 unspecified atom stereocenters. The maximum Gasteiger partial charge on any atom is 0.262 e. The maximum atomic E-state index is 12.8. The molecular formula is C21H19N3O2S. The predicted octanol–water partition coefficient (Wildman–Crippen LogP) is 4.75. The van der Waals surface area contributed by atoms with Crippen LogP contribution in [0, 0.1) is 0 Å². The molecule has 2 heterocycles. The van der Waals surface area contributed by atoms with Crippen LogP contribution in [0.4, 0.5) is 0 Å². The molecule has 0 aliphatic carbocycles. The van der Waals surface area contributed by atoms with Crippen LogP contribution in [-0.2, 0) is 12.3 Å². The average molecular weight is 377 g/mol. The molecule has 0 N–H and O–H groups in total. The lowest BCUT2D eigenvalue weighted by atomic mass is 10.2. The molecule has 5 nitrogen and oxygen atoms in total. The van der Waals surface area contributed by atoms with E-state index in [0.717, 1.165) is 29.0 Å². The second-order valence-electron chi connectivity index (χ2n) is 6.21. The van der Waals surface area contributed by atoms with Crippen LogP contribution in [0.15, 0.2) is 75.1 Å². The molecule has 0 fully saturated rings. The molecule has 0 aliphatic heterocycles. The Bertz CT molecular complexity index is 1120. The van der Waals surface area contributed by atoms with Gasteiger partial charge in [-0.2, -0.15) is 0 Å². The highest BCUT2D eigenvalue weighted by Crippen LogP contribution is 2.25. The van der Waals surface area contributed by atoms with Crippen LogP contribution in [-0.4, -0.2) is 14.7 Å². The maximum absolute atomic E-state index is 12.8. The molecule has 4 aromatic rings. The lowest BCUT2D eigenvalue weighted by Crippen LogP contribution is -2.23. The molecule has 0 radical (unpaired) electrons. The number of fused-ring (bicyclic) bond motifs is 1. The number of rotatable bonds is 6. The van der Waals surface area contributed by atoms with Gasteiger partial charge in [0.05, 0.1) is 16.6 Å². The molecule has 2 aromatic heterocycles. The van der Waals surface area contributed by atoms with Crippen molar-refractivity contribution in [3.05, 3.63) is 76.7 Å². The molecular weight excluding hydrogens is 358 g/mol. The largest absolute Gasteiger partial charge is 0.356 e. The van der Waals surface area contributed by atoms with Gasteiger partial charge in [0.2, 0.25) is 0 Å². The minimum absolute atomic E-state index is 0.00933. The van der Waals surface area contributed by atoms with Crippen molar-refractivity contribution in [3.8, 4) is 11.3 Å². The second kappa shape index (κ2) is 7.80. The summed E-state index contributed by atoms with van der Waals surface area (Å²) in [7, 11) is 0. The molecule has 0 atom stereocenters. The Hall–Kier alpha value is -2.86. The smallest absolute Gasteiger partial charge is 0.262 e. The van der Waals surface area contributed by atoms with E-state index in [1.807, 2.05) is 60.7 Å². The van der Waals surface area contributed by atoms with E-state index in [1.54, 1.807) is 4.57 Å². The van der Waals surface area contributed by atoms with Gasteiger partial charge < -0.3 is 4.52 Å². The molecule has 0 aliphatic rings. The third kappa shape index (κ3) is 3.66. The number of nitrogens with zero attached hydrogens (tertiary/aromatic N) is 3. The Kier molecular flexibility index (Phi) is 5.07. The quantitative estimate of drug-likeness (QED) is 0.358. The van der Waals surface area contributed by atoms with Gasteiger partial charge in [-0.1, -0.05) is 66.3 Å². The van der Waals surface area contributed by atoms with E-state index in [9.17, 15) is 4.79 Å². The van der Waals surface area contributed by atoms with Gasteiger partial charge >= 0.3 is 0 Å². The topological polar surface area (TPSA) is 60.9 Å². The molecule has 0 amide bonds. The lowest BCUT2D eigenvalue weighted by molar-refractivity contribution is 0.426. The van der Waals surface area contributed by atoms with Crippen LogP contribution in [0.1, 0.15) is 19.0 Å². The SMILES string of the molecule is CCCn1c(SCc2cc(-c3ccccc3)on2)nc2ccccc2c1=O. The van der Waals surface area contributed by atoms with Gasteiger partial charge in [-0.15, -0.1) is 0 Å². The fourth-order valence-corrected chi connectivity index (χ4v) is 3.84. The number of benzene rings is 2. The Balaban J connectivity index is 1.61. The third-order valence-electron chi connectivity index (χ3n) is 4.24. The highest BCUT2D eigenvalue weighted by atomic mass is 32.2. The van der Waals surface area contributed by atoms with Crippen LogP contribution in [0.25, 0.3) is 22.2 Å². The molecule has 0 spiro atoms. The van der Waals surface area contributed by atoms with Crippen molar-refractivity contribution >= 4 is 22.7 Å². The van der Waals surface area contributed by atoms with E-state index < -0.39 is 0 Å². The van der Waals surface area contributed by atoms with Gasteiger partial charge in [0, 0.05) is 23.9 Å². The molecule has 2 aromatic carbocycles. The lowest BCUT2D eigenvalue weighted by Gasteiger charge is -2.11. The summed E-state index contributed by atoms with van der Waals surface area (Å²) in [4.78, 5) is 17.5. The van der Waals surface area contributed by atoms with Gasteiger partial charge in [0.1, 0.15) is 0 Å². The molecule has 0 saturated heterocycles. The first-order chi connectivity index (χ1) is 13.3. The van der Waals surface area contributed by atoms with Gasteiger partial charge in [-0.25, -0.2) is 4.98 Å². The number of thioether (sulfide) groups is 1. The standard InChI is InChI=1S/C21H19N3O2S/c1-2-12-24-20(25)17-10-6-7-11-18(17)22-21(24)27-14-16-13-19(26-23-16)15-8-4-3-5-9-15/h3-11,13H,2,12,14H2,1H3. The van der Waals surface area contributed by atoms with E-state index in [-0.39, 0.29) is 5.56 Å². The monoisotopic (exact) mass is 377 g/mol. The Morgan fingerprint density at radius 3 is 2.67 bits per heavy atom. The molecule has 136 valence electrons. The Morgan fingerprint density at radius 1 is 1.07 bits per heavy atom. The van der Waals surface area contributed by atoms with Crippen molar-refractivity contribution in [1.82, 2.24) is 14.7 Å². The summed E-state index contributed by atoms with van der Waals surface area (Å²) in [5.74, 6) is 1.33. The highest BCUT2D eigenvalue weighted by molar-refractivity contribution is 7.98. The summed E-state index contributed by atoms with van der Waals surface area (Å²) in [6.07, 6.45) is 0.871. The average Bonchev–Trinajstić information content (AvgIpc) is 3.19. The molecule has 0 saturated carbocycles. The van der Waals surface area contributed by atoms with E-state index in [4.69, 9.17) is 9.51 Å². The molecule has 6 heteroatoms. The number of para-hydroxylation sites is 1. The molecule has 27 heavy (non-hydrogen) atoms. The Morgan fingerprint density at radius 2 is 1.85 bits per heavy atom. The van der Waals surface area contributed by atoms with E-state index in [0.29, 0.717) is 22.8 Å². The number of hydrogen-bond acceptors (Lipinski definition) is 5. The van der Waals surface area contributed by atoms with Crippen LogP contribution in [0.3, 0.4) is 0 Å². The predicted molar refractivity (Wildman–Crippen MR) is 108 cm³/mol. The normalized spacial score (nSPS) is 11.1. The van der Waals surface area contributed by atoms with E-state index >= 15 is 0 Å². The van der Waals surface area contributed by atoms with Crippen LogP contribution in [0.2, 0.25) is 0 Å². The van der Waals surface area contributed by atoms with Crippen molar-refractivity contribution in [2.75, 3.05) is 0 Å². The minimum Gasteiger partial charge on any atom is -0.356 e. The first kappa shape index (κ1) is 17.5. The van der Waals surface area contributed by atoms with E-state index in [1.165, 1.54) is 11.8 Å². The van der Waals surface area contributed by atoms with Gasteiger partial charge in [-0.3, -0.25) is 9.36 Å². The first-order valence-electron chi connectivity index (χ1n) is 8.89. The zero-order valence-corrected chi connectivity index (χ0v) is 15.8. The van der Waals surface area contributed by atoms with Crippen molar-refractivity contribution in [2.45, 2.75) is 30.8 Å². The third-order valence-corrected chi connectivity index (χ3v) is 5.25. The zero-order chi connectivity index (χ0) is 18.6. The van der Waals surface area contributed by atoms with Crippen LogP contribution >= 0.6 is 11.8 Å². The number of aromatic nitrogens is 3. The van der Waals surface area contributed by atoms with Crippen LogP contribution < -0.4 is 5.56 Å². The highest BCUT2D eigenvalue weighted by Gasteiger charge is 2.13. The second-order valence-corrected chi connectivity index (χ2v) is 7.15. The van der Waals surface area contributed by atoms with E-state index in [2.05, 4.69) is 12.1 Å². The summed E-state index contributed by atoms with van der Waals surface area (Å²) in [5, 5.41) is 5.53. The van der Waals surface area contributed by atoms with Crippen molar-refractivity contribution in [2.24, 2.45) is 0 Å². The minimum atomic E-state index is 0.00933. The number of hydrogen-bond donors (Lipinski definition) is 0. The summed E-state index contributed by atoms with van der Waals surface area (Å²) >= 11 is 1.51. The van der Waals surface area contributed by atoms with Crippen molar-refractivity contribution < 1.29 is 4.52 Å². The zero-order valence-electron chi connectivity index (χ0n) is 15.0. The van der Waals surface area contributed by atoms with Gasteiger partial charge in [-0.05, 0) is 18.6 Å². The fourth-order valence-electron chi connectivity index (χ4n) is 2.94.